The molecular weight excluding hydrogens is 294 g/mol. The smallest absolute Gasteiger partial charge is 0.407 e. The highest BCUT2D eigenvalue weighted by atomic mass is 16.6. The third-order valence-corrected chi connectivity index (χ3v) is 3.85. The quantitative estimate of drug-likeness (QED) is 0.889. The van der Waals surface area contributed by atoms with E-state index in [0.29, 0.717) is 0 Å². The summed E-state index contributed by atoms with van der Waals surface area (Å²) in [6.07, 6.45) is 4.86. The molecule has 0 atom stereocenters. The highest BCUT2D eigenvalue weighted by Crippen LogP contribution is 2.25. The van der Waals surface area contributed by atoms with Crippen LogP contribution in [-0.2, 0) is 4.74 Å². The first-order chi connectivity index (χ1) is 10.9. The molecular formula is C16H23N5O2. The van der Waals surface area contributed by atoms with Crippen LogP contribution in [0.1, 0.15) is 33.6 Å². The van der Waals surface area contributed by atoms with E-state index in [9.17, 15) is 4.79 Å². The third-order valence-electron chi connectivity index (χ3n) is 3.85. The van der Waals surface area contributed by atoms with Gasteiger partial charge in [0, 0.05) is 25.3 Å². The maximum absolute atomic E-state index is 11.8. The molecule has 1 aliphatic rings. The Hall–Kier alpha value is -2.31. The maximum Gasteiger partial charge on any atom is 0.407 e. The zero-order valence-corrected chi connectivity index (χ0v) is 13.8. The molecule has 2 N–H and O–H groups in total. The summed E-state index contributed by atoms with van der Waals surface area (Å²) in [5.74, 6) is 0.951. The van der Waals surface area contributed by atoms with Crippen molar-refractivity contribution >= 4 is 22.9 Å². The summed E-state index contributed by atoms with van der Waals surface area (Å²) in [6.45, 7) is 7.29. The first-order valence-electron chi connectivity index (χ1n) is 7.95. The van der Waals surface area contributed by atoms with E-state index in [2.05, 4.69) is 25.2 Å². The standard InChI is InChI=1S/C16H23N5O2/c1-16(2,3)23-15(22)20-11-5-8-21(9-6-11)14-12-4-7-17-13(12)18-10-19-14/h4,7,10-11H,5-6,8-9H2,1-3H3,(H,20,22)(H,17,18,19). The van der Waals surface area contributed by atoms with E-state index >= 15 is 0 Å². The number of aromatic amines is 1. The topological polar surface area (TPSA) is 83.1 Å². The summed E-state index contributed by atoms with van der Waals surface area (Å²) in [6, 6.07) is 2.14. The monoisotopic (exact) mass is 317 g/mol. The van der Waals surface area contributed by atoms with Crippen molar-refractivity contribution in [2.24, 2.45) is 0 Å². The normalized spacial score (nSPS) is 16.6. The number of aromatic nitrogens is 3. The second-order valence-corrected chi connectivity index (χ2v) is 6.84. The zero-order chi connectivity index (χ0) is 16.4. The van der Waals surface area contributed by atoms with Crippen molar-refractivity contribution in [2.75, 3.05) is 18.0 Å². The molecule has 2 aromatic rings. The van der Waals surface area contributed by atoms with Crippen molar-refractivity contribution in [3.63, 3.8) is 0 Å². The van der Waals surface area contributed by atoms with Crippen molar-refractivity contribution in [3.05, 3.63) is 18.6 Å². The van der Waals surface area contributed by atoms with Gasteiger partial charge >= 0.3 is 6.09 Å². The molecule has 0 saturated carbocycles. The van der Waals surface area contributed by atoms with E-state index in [1.165, 1.54) is 0 Å². The van der Waals surface area contributed by atoms with E-state index in [1.807, 2.05) is 33.0 Å². The summed E-state index contributed by atoms with van der Waals surface area (Å²) in [7, 11) is 0. The zero-order valence-electron chi connectivity index (χ0n) is 13.8. The number of nitrogens with one attached hydrogen (secondary N) is 2. The van der Waals surface area contributed by atoms with Crippen LogP contribution in [0.5, 0.6) is 0 Å². The lowest BCUT2D eigenvalue weighted by molar-refractivity contribution is 0.0497. The van der Waals surface area contributed by atoms with Gasteiger partial charge in [0.2, 0.25) is 0 Å². The van der Waals surface area contributed by atoms with E-state index in [4.69, 9.17) is 4.74 Å². The number of rotatable bonds is 2. The van der Waals surface area contributed by atoms with E-state index in [1.54, 1.807) is 6.33 Å². The lowest BCUT2D eigenvalue weighted by Crippen LogP contribution is -2.46. The first-order valence-corrected chi connectivity index (χ1v) is 7.95. The molecule has 0 radical (unpaired) electrons. The Morgan fingerprint density at radius 3 is 2.78 bits per heavy atom. The second-order valence-electron chi connectivity index (χ2n) is 6.84. The Labute approximate surface area is 135 Å². The van der Waals surface area contributed by atoms with Crippen LogP contribution in [0.3, 0.4) is 0 Å². The Morgan fingerprint density at radius 1 is 1.35 bits per heavy atom. The van der Waals surface area contributed by atoms with Crippen molar-refractivity contribution < 1.29 is 9.53 Å². The molecule has 7 heteroatoms. The van der Waals surface area contributed by atoms with Crippen LogP contribution in [0.25, 0.3) is 11.0 Å². The number of H-pyrrole nitrogens is 1. The summed E-state index contributed by atoms with van der Waals surface area (Å²) < 4.78 is 5.31. The molecule has 0 aromatic carbocycles. The minimum Gasteiger partial charge on any atom is -0.444 e. The van der Waals surface area contributed by atoms with Gasteiger partial charge in [-0.1, -0.05) is 0 Å². The minimum absolute atomic E-state index is 0.143. The Balaban J connectivity index is 1.58. The van der Waals surface area contributed by atoms with Crippen LogP contribution < -0.4 is 10.2 Å². The number of carbonyl (C=O) groups is 1. The lowest BCUT2D eigenvalue weighted by atomic mass is 10.1. The van der Waals surface area contributed by atoms with Gasteiger partial charge in [0.25, 0.3) is 0 Å². The number of amides is 1. The predicted octanol–water partition coefficient (Wildman–Crippen LogP) is 2.45. The fourth-order valence-corrected chi connectivity index (χ4v) is 2.82. The summed E-state index contributed by atoms with van der Waals surface area (Å²) in [5.41, 5.74) is 0.384. The van der Waals surface area contributed by atoms with Gasteiger partial charge in [-0.05, 0) is 39.7 Å². The molecule has 0 unspecified atom stereocenters. The highest BCUT2D eigenvalue weighted by molar-refractivity contribution is 5.87. The van der Waals surface area contributed by atoms with Gasteiger partial charge in [0.1, 0.15) is 23.4 Å². The van der Waals surface area contributed by atoms with Crippen LogP contribution in [0.4, 0.5) is 10.6 Å². The number of carbonyl (C=O) groups excluding carboxylic acids is 1. The van der Waals surface area contributed by atoms with Gasteiger partial charge in [-0.2, -0.15) is 0 Å². The van der Waals surface area contributed by atoms with Crippen molar-refractivity contribution in [3.8, 4) is 0 Å². The number of piperidine rings is 1. The van der Waals surface area contributed by atoms with Gasteiger partial charge in [0.05, 0.1) is 5.39 Å². The predicted molar refractivity (Wildman–Crippen MR) is 88.5 cm³/mol. The molecule has 0 spiro atoms. The third kappa shape index (κ3) is 3.72. The highest BCUT2D eigenvalue weighted by Gasteiger charge is 2.25. The summed E-state index contributed by atoms with van der Waals surface area (Å²) in [4.78, 5) is 25.8. The van der Waals surface area contributed by atoms with Crippen molar-refractivity contribution in [1.29, 1.82) is 0 Å². The van der Waals surface area contributed by atoms with Gasteiger partial charge in [0.15, 0.2) is 0 Å². The van der Waals surface area contributed by atoms with Gasteiger partial charge in [-0.3, -0.25) is 0 Å². The van der Waals surface area contributed by atoms with E-state index in [-0.39, 0.29) is 12.1 Å². The fourth-order valence-electron chi connectivity index (χ4n) is 2.82. The van der Waals surface area contributed by atoms with E-state index < -0.39 is 5.60 Å². The lowest BCUT2D eigenvalue weighted by Gasteiger charge is -2.33. The van der Waals surface area contributed by atoms with Crippen LogP contribution in [0, 0.1) is 0 Å². The molecule has 23 heavy (non-hydrogen) atoms. The minimum atomic E-state index is -0.467. The maximum atomic E-state index is 11.8. The average Bonchev–Trinajstić information content (AvgIpc) is 2.94. The number of fused-ring (bicyclic) bond motifs is 1. The Kier molecular flexibility index (Phi) is 4.11. The van der Waals surface area contributed by atoms with Crippen LogP contribution in [-0.4, -0.2) is 45.8 Å². The van der Waals surface area contributed by atoms with Crippen molar-refractivity contribution in [1.82, 2.24) is 20.3 Å². The average molecular weight is 317 g/mol. The number of hydrogen-bond acceptors (Lipinski definition) is 5. The molecule has 1 fully saturated rings. The number of ether oxygens (including phenoxy) is 1. The Morgan fingerprint density at radius 2 is 2.09 bits per heavy atom. The van der Waals surface area contributed by atoms with Crippen molar-refractivity contribution in [2.45, 2.75) is 45.3 Å². The first kappa shape index (κ1) is 15.6. The number of nitrogens with zero attached hydrogens (tertiary/aromatic N) is 3. The van der Waals surface area contributed by atoms with E-state index in [0.717, 1.165) is 42.8 Å². The van der Waals surface area contributed by atoms with Gasteiger partial charge < -0.3 is 19.9 Å². The number of alkyl carbamates (subject to hydrolysis) is 1. The molecule has 1 amide bonds. The molecule has 3 rings (SSSR count). The molecule has 2 aromatic heterocycles. The molecule has 0 aliphatic carbocycles. The number of anilines is 1. The molecule has 0 bridgehead atoms. The SMILES string of the molecule is CC(C)(C)OC(=O)NC1CCN(c2ncnc3[nH]ccc23)CC1. The van der Waals surface area contributed by atoms with Crippen LogP contribution >= 0.6 is 0 Å². The molecule has 1 saturated heterocycles. The van der Waals surface area contributed by atoms with Crippen LogP contribution in [0.2, 0.25) is 0 Å². The summed E-state index contributed by atoms with van der Waals surface area (Å²) >= 11 is 0. The number of hydrogen-bond donors (Lipinski definition) is 2. The van der Waals surface area contributed by atoms with Gasteiger partial charge in [-0.25, -0.2) is 14.8 Å². The molecule has 3 heterocycles. The second kappa shape index (κ2) is 6.06. The van der Waals surface area contributed by atoms with Crippen LogP contribution in [0.15, 0.2) is 18.6 Å². The fraction of sp³-hybridized carbons (Fsp3) is 0.562. The molecule has 124 valence electrons. The van der Waals surface area contributed by atoms with Gasteiger partial charge in [-0.15, -0.1) is 0 Å². The molecule has 1 aliphatic heterocycles. The molecule has 7 nitrogen and oxygen atoms in total. The largest absolute Gasteiger partial charge is 0.444 e. The summed E-state index contributed by atoms with van der Waals surface area (Å²) in [5, 5.41) is 3.99. The Bertz CT molecular complexity index is 683.